The second-order valence-electron chi connectivity index (χ2n) is 8.09. The number of amides is 2. The van der Waals surface area contributed by atoms with E-state index in [9.17, 15) is 14.7 Å². The highest BCUT2D eigenvalue weighted by Gasteiger charge is 2.56. The van der Waals surface area contributed by atoms with Gasteiger partial charge in [0.1, 0.15) is 0 Å². The Kier molecular flexibility index (Phi) is 4.20. The molecule has 2 fully saturated rings. The lowest BCUT2D eigenvalue weighted by atomic mass is 9.71. The first-order valence-corrected chi connectivity index (χ1v) is 10.1. The zero-order valence-electron chi connectivity index (χ0n) is 15.7. The molecule has 5 rings (SSSR count). The highest BCUT2D eigenvalue weighted by molar-refractivity contribution is 5.97. The van der Waals surface area contributed by atoms with Crippen molar-refractivity contribution in [3.63, 3.8) is 0 Å². The molecule has 0 aromatic heterocycles. The molecule has 0 spiro atoms. The zero-order chi connectivity index (χ0) is 19.3. The molecule has 1 N–H and O–H groups in total. The number of para-hydroxylation sites is 1. The van der Waals surface area contributed by atoms with Gasteiger partial charge in [0.15, 0.2) is 0 Å². The van der Waals surface area contributed by atoms with Crippen molar-refractivity contribution < 1.29 is 14.7 Å². The molecule has 2 aliphatic heterocycles. The number of fused-ring (bicyclic) bond motifs is 3. The first-order chi connectivity index (χ1) is 13.7. The van der Waals surface area contributed by atoms with Crippen LogP contribution in [0.2, 0.25) is 0 Å². The standard InChI is InChI=1S/C23H24N2O3/c26-14-20-22-17-8-4-5-9-18(17)24(21(27)12-15-6-2-1-3-7-15)13-19(22)25(20)23(28)16-10-11-16/h1-9,16,19-20,22,26H,10-14H2/t19-,20+,22+/m1/s1. The average Bonchev–Trinajstić information content (AvgIpc) is 3.54. The number of anilines is 1. The average molecular weight is 376 g/mol. The molecule has 3 aliphatic rings. The smallest absolute Gasteiger partial charge is 0.231 e. The van der Waals surface area contributed by atoms with E-state index < -0.39 is 0 Å². The first kappa shape index (κ1) is 17.4. The maximum absolute atomic E-state index is 13.2. The van der Waals surface area contributed by atoms with Gasteiger partial charge in [-0.3, -0.25) is 9.59 Å². The Morgan fingerprint density at radius 2 is 1.71 bits per heavy atom. The highest BCUT2D eigenvalue weighted by Crippen LogP contribution is 2.50. The fraction of sp³-hybridized carbons (Fsp3) is 0.391. The molecule has 2 amide bonds. The maximum atomic E-state index is 13.2. The summed E-state index contributed by atoms with van der Waals surface area (Å²) in [6, 6.07) is 17.5. The number of carbonyl (C=O) groups is 2. The Balaban J connectivity index is 1.46. The number of aliphatic hydroxyl groups excluding tert-OH is 1. The second kappa shape index (κ2) is 6.74. The van der Waals surface area contributed by atoms with Crippen LogP contribution in [0.25, 0.3) is 0 Å². The van der Waals surface area contributed by atoms with E-state index >= 15 is 0 Å². The summed E-state index contributed by atoms with van der Waals surface area (Å²) in [6.45, 7) is 0.466. The molecule has 2 aromatic rings. The van der Waals surface area contributed by atoms with Crippen LogP contribution in [0.4, 0.5) is 5.69 Å². The number of carbonyl (C=O) groups excluding carboxylic acids is 2. The van der Waals surface area contributed by atoms with Gasteiger partial charge in [-0.25, -0.2) is 0 Å². The summed E-state index contributed by atoms with van der Waals surface area (Å²) in [4.78, 5) is 29.7. The monoisotopic (exact) mass is 376 g/mol. The summed E-state index contributed by atoms with van der Waals surface area (Å²) in [5, 5.41) is 9.97. The number of hydrogen-bond donors (Lipinski definition) is 1. The van der Waals surface area contributed by atoms with Crippen molar-refractivity contribution in [1.29, 1.82) is 0 Å². The molecule has 1 aliphatic carbocycles. The van der Waals surface area contributed by atoms with E-state index in [-0.39, 0.29) is 42.3 Å². The van der Waals surface area contributed by atoms with Gasteiger partial charge >= 0.3 is 0 Å². The molecule has 2 aromatic carbocycles. The molecule has 5 heteroatoms. The van der Waals surface area contributed by atoms with Crippen molar-refractivity contribution in [3.05, 3.63) is 65.7 Å². The third-order valence-corrected chi connectivity index (χ3v) is 6.37. The normalized spacial score (nSPS) is 25.5. The van der Waals surface area contributed by atoms with Crippen molar-refractivity contribution in [1.82, 2.24) is 4.90 Å². The third-order valence-electron chi connectivity index (χ3n) is 6.37. The van der Waals surface area contributed by atoms with Crippen LogP contribution in [0.3, 0.4) is 0 Å². The topological polar surface area (TPSA) is 60.9 Å². The zero-order valence-corrected chi connectivity index (χ0v) is 15.7. The van der Waals surface area contributed by atoms with Crippen molar-refractivity contribution in [3.8, 4) is 0 Å². The molecular weight excluding hydrogens is 352 g/mol. The SMILES string of the molecule is O=C(Cc1ccccc1)N1C[C@@H]2[C@H](c3ccccc31)[C@H](CO)N2C(=O)C1CC1. The second-order valence-corrected chi connectivity index (χ2v) is 8.09. The quantitative estimate of drug-likeness (QED) is 0.891. The summed E-state index contributed by atoms with van der Waals surface area (Å²) >= 11 is 0. The molecule has 144 valence electrons. The molecule has 28 heavy (non-hydrogen) atoms. The minimum atomic E-state index is -0.175. The molecule has 0 bridgehead atoms. The van der Waals surface area contributed by atoms with Crippen LogP contribution in [-0.2, 0) is 16.0 Å². The predicted octanol–water partition coefficient (Wildman–Crippen LogP) is 2.34. The third kappa shape index (κ3) is 2.73. The maximum Gasteiger partial charge on any atom is 0.231 e. The Morgan fingerprint density at radius 1 is 1.00 bits per heavy atom. The number of likely N-dealkylation sites (tertiary alicyclic amines) is 1. The molecule has 1 saturated carbocycles. The van der Waals surface area contributed by atoms with Crippen molar-refractivity contribution in [2.24, 2.45) is 5.92 Å². The number of aliphatic hydroxyl groups is 1. The molecule has 0 radical (unpaired) electrons. The van der Waals surface area contributed by atoms with E-state index in [0.29, 0.717) is 13.0 Å². The predicted molar refractivity (Wildman–Crippen MR) is 106 cm³/mol. The highest BCUT2D eigenvalue weighted by atomic mass is 16.3. The van der Waals surface area contributed by atoms with E-state index in [1.54, 1.807) is 0 Å². The van der Waals surface area contributed by atoms with E-state index in [1.807, 2.05) is 64.4 Å². The van der Waals surface area contributed by atoms with Crippen LogP contribution in [0.15, 0.2) is 54.6 Å². The van der Waals surface area contributed by atoms with Crippen molar-refractivity contribution in [2.45, 2.75) is 37.3 Å². The van der Waals surface area contributed by atoms with Gasteiger partial charge in [0.2, 0.25) is 11.8 Å². The summed E-state index contributed by atoms with van der Waals surface area (Å²) in [7, 11) is 0. The Hall–Kier alpha value is -2.66. The van der Waals surface area contributed by atoms with Crippen LogP contribution >= 0.6 is 0 Å². The molecule has 1 saturated heterocycles. The first-order valence-electron chi connectivity index (χ1n) is 10.1. The van der Waals surface area contributed by atoms with E-state index in [0.717, 1.165) is 29.7 Å². The van der Waals surface area contributed by atoms with Gasteiger partial charge in [-0.2, -0.15) is 0 Å². The summed E-state index contributed by atoms with van der Waals surface area (Å²) in [6.07, 6.45) is 2.22. The Labute approximate surface area is 164 Å². The Bertz CT molecular complexity index is 909. The lowest BCUT2D eigenvalue weighted by Crippen LogP contribution is -2.71. The van der Waals surface area contributed by atoms with Crippen LogP contribution in [0.1, 0.15) is 29.9 Å². The molecular formula is C23H24N2O3. The number of nitrogens with zero attached hydrogens (tertiary/aromatic N) is 2. The molecule has 3 atom stereocenters. The van der Waals surface area contributed by atoms with Gasteiger partial charge < -0.3 is 14.9 Å². The van der Waals surface area contributed by atoms with Gasteiger partial charge in [-0.1, -0.05) is 48.5 Å². The van der Waals surface area contributed by atoms with Crippen molar-refractivity contribution >= 4 is 17.5 Å². The number of rotatable bonds is 4. The van der Waals surface area contributed by atoms with Gasteiger partial charge in [-0.05, 0) is 30.0 Å². The molecule has 5 nitrogen and oxygen atoms in total. The largest absolute Gasteiger partial charge is 0.394 e. The van der Waals surface area contributed by atoms with Crippen LogP contribution in [-0.4, -0.2) is 47.1 Å². The fourth-order valence-corrected chi connectivity index (χ4v) is 4.84. The van der Waals surface area contributed by atoms with Gasteiger partial charge in [-0.15, -0.1) is 0 Å². The number of hydrogen-bond acceptors (Lipinski definition) is 3. The molecule has 0 unspecified atom stereocenters. The summed E-state index contributed by atoms with van der Waals surface area (Å²) in [5.74, 6) is 0.406. The van der Waals surface area contributed by atoms with Crippen LogP contribution in [0, 0.1) is 5.92 Å². The summed E-state index contributed by atoms with van der Waals surface area (Å²) < 4.78 is 0. The van der Waals surface area contributed by atoms with E-state index in [2.05, 4.69) is 0 Å². The van der Waals surface area contributed by atoms with Crippen molar-refractivity contribution in [2.75, 3.05) is 18.1 Å². The Morgan fingerprint density at radius 3 is 2.43 bits per heavy atom. The van der Waals surface area contributed by atoms with Gasteiger partial charge in [0.05, 0.1) is 25.1 Å². The number of benzene rings is 2. The van der Waals surface area contributed by atoms with Gasteiger partial charge in [0.25, 0.3) is 0 Å². The van der Waals surface area contributed by atoms with E-state index in [4.69, 9.17) is 0 Å². The van der Waals surface area contributed by atoms with Crippen LogP contribution in [0.5, 0.6) is 0 Å². The lowest BCUT2D eigenvalue weighted by Gasteiger charge is -2.59. The molecule has 2 heterocycles. The van der Waals surface area contributed by atoms with Crippen LogP contribution < -0.4 is 4.90 Å². The minimum absolute atomic E-state index is 0.0358. The minimum Gasteiger partial charge on any atom is -0.394 e. The van der Waals surface area contributed by atoms with E-state index in [1.165, 1.54) is 0 Å². The lowest BCUT2D eigenvalue weighted by molar-refractivity contribution is -0.152. The van der Waals surface area contributed by atoms with Gasteiger partial charge in [0, 0.05) is 24.1 Å². The fourth-order valence-electron chi connectivity index (χ4n) is 4.84. The summed E-state index contributed by atoms with van der Waals surface area (Å²) in [5.41, 5.74) is 2.97.